The van der Waals surface area contributed by atoms with Gasteiger partial charge in [-0.15, -0.1) is 0 Å². The molecule has 2 atom stereocenters. The standard InChI is InChI=1S/C19H29N3O3/c1-18(2,3)15-11-14(23)12-19(25-15)5-8-22(9-6-19)16-10-13(17(20)24)4-7-21-16/h4,7,10,14-15,23H,5-6,8-9,11-12H2,1-3H3,(H2,20,24)/t14-,15-/m1/s1. The molecule has 1 aromatic rings. The zero-order chi connectivity index (χ0) is 18.2. The van der Waals surface area contributed by atoms with Crippen LogP contribution in [0.1, 0.15) is 56.8 Å². The van der Waals surface area contributed by atoms with Gasteiger partial charge in [0.2, 0.25) is 5.91 Å². The molecule has 2 aliphatic rings. The number of aliphatic hydroxyl groups is 1. The topological polar surface area (TPSA) is 88.7 Å². The highest BCUT2D eigenvalue weighted by Gasteiger charge is 2.46. The van der Waals surface area contributed by atoms with Gasteiger partial charge in [0.1, 0.15) is 5.82 Å². The van der Waals surface area contributed by atoms with Gasteiger partial charge in [-0.3, -0.25) is 4.79 Å². The SMILES string of the molecule is CC(C)(C)[C@H]1C[C@@H](O)CC2(CCN(c3cc(C(N)=O)ccn3)CC2)O1. The number of hydrogen-bond donors (Lipinski definition) is 2. The van der Waals surface area contributed by atoms with Crippen molar-refractivity contribution >= 4 is 11.7 Å². The van der Waals surface area contributed by atoms with E-state index in [1.165, 1.54) is 0 Å². The summed E-state index contributed by atoms with van der Waals surface area (Å²) in [5, 5.41) is 10.4. The summed E-state index contributed by atoms with van der Waals surface area (Å²) in [4.78, 5) is 17.9. The molecule has 2 saturated heterocycles. The van der Waals surface area contributed by atoms with Gasteiger partial charge in [-0.05, 0) is 30.4 Å². The highest BCUT2D eigenvalue weighted by molar-refractivity contribution is 5.93. The molecule has 0 unspecified atom stereocenters. The van der Waals surface area contributed by atoms with E-state index >= 15 is 0 Å². The van der Waals surface area contributed by atoms with Gasteiger partial charge < -0.3 is 20.5 Å². The average molecular weight is 347 g/mol. The van der Waals surface area contributed by atoms with Gasteiger partial charge in [0.05, 0.1) is 17.8 Å². The number of amides is 1. The monoisotopic (exact) mass is 347 g/mol. The fraction of sp³-hybridized carbons (Fsp3) is 0.684. The van der Waals surface area contributed by atoms with Crippen molar-refractivity contribution in [3.63, 3.8) is 0 Å². The van der Waals surface area contributed by atoms with Gasteiger partial charge in [-0.25, -0.2) is 4.98 Å². The summed E-state index contributed by atoms with van der Waals surface area (Å²) >= 11 is 0. The number of aromatic nitrogens is 1. The minimum Gasteiger partial charge on any atom is -0.393 e. The fourth-order valence-electron chi connectivity index (χ4n) is 3.90. The lowest BCUT2D eigenvalue weighted by atomic mass is 9.76. The molecule has 6 heteroatoms. The number of carbonyl (C=O) groups is 1. The van der Waals surface area contributed by atoms with Crippen LogP contribution in [0.15, 0.2) is 18.3 Å². The van der Waals surface area contributed by atoms with Crippen molar-refractivity contribution in [2.24, 2.45) is 11.1 Å². The maximum absolute atomic E-state index is 11.4. The number of rotatable bonds is 2. The second-order valence-corrected chi connectivity index (χ2v) is 8.50. The molecule has 0 aromatic carbocycles. The number of primary amides is 1. The number of nitrogens with two attached hydrogens (primary N) is 1. The highest BCUT2D eigenvalue weighted by atomic mass is 16.5. The molecular weight excluding hydrogens is 318 g/mol. The van der Waals surface area contributed by atoms with Crippen LogP contribution >= 0.6 is 0 Å². The van der Waals surface area contributed by atoms with Gasteiger partial charge in [0, 0.05) is 37.7 Å². The first-order valence-electron chi connectivity index (χ1n) is 9.05. The average Bonchev–Trinajstić information content (AvgIpc) is 2.54. The van der Waals surface area contributed by atoms with Crippen molar-refractivity contribution < 1.29 is 14.6 Å². The van der Waals surface area contributed by atoms with Crippen LogP contribution in [0.4, 0.5) is 5.82 Å². The molecule has 0 bridgehead atoms. The lowest BCUT2D eigenvalue weighted by molar-refractivity contribution is -0.199. The first-order valence-corrected chi connectivity index (χ1v) is 9.05. The van der Waals surface area contributed by atoms with Gasteiger partial charge in [0.15, 0.2) is 0 Å². The second-order valence-electron chi connectivity index (χ2n) is 8.50. The summed E-state index contributed by atoms with van der Waals surface area (Å²) in [7, 11) is 0. The Labute approximate surface area is 149 Å². The Morgan fingerprint density at radius 3 is 2.68 bits per heavy atom. The third kappa shape index (κ3) is 3.96. The smallest absolute Gasteiger partial charge is 0.248 e. The predicted molar refractivity (Wildman–Crippen MR) is 96.5 cm³/mol. The Kier molecular flexibility index (Phi) is 4.77. The molecule has 2 aliphatic heterocycles. The third-order valence-corrected chi connectivity index (χ3v) is 5.48. The van der Waals surface area contributed by atoms with E-state index in [2.05, 4.69) is 30.7 Å². The normalized spacial score (nSPS) is 26.6. The number of carbonyl (C=O) groups excluding carboxylic acids is 1. The molecular formula is C19H29N3O3. The quantitative estimate of drug-likeness (QED) is 0.855. The number of aliphatic hydroxyl groups excluding tert-OH is 1. The van der Waals surface area contributed by atoms with Crippen LogP contribution in [0.5, 0.6) is 0 Å². The van der Waals surface area contributed by atoms with Gasteiger partial charge in [-0.1, -0.05) is 20.8 Å². The molecule has 25 heavy (non-hydrogen) atoms. The van der Waals surface area contributed by atoms with Crippen molar-refractivity contribution in [3.8, 4) is 0 Å². The number of nitrogens with zero attached hydrogens (tertiary/aromatic N) is 2. The van der Waals surface area contributed by atoms with Crippen LogP contribution < -0.4 is 10.6 Å². The van der Waals surface area contributed by atoms with Crippen LogP contribution in [0, 0.1) is 5.41 Å². The minimum absolute atomic E-state index is 0.0168. The Balaban J connectivity index is 1.70. The van der Waals surface area contributed by atoms with E-state index in [1.807, 2.05) is 0 Å². The van der Waals surface area contributed by atoms with Crippen molar-refractivity contribution in [2.45, 2.75) is 64.3 Å². The van der Waals surface area contributed by atoms with Crippen LogP contribution in [0.2, 0.25) is 0 Å². The fourth-order valence-corrected chi connectivity index (χ4v) is 3.90. The number of pyridine rings is 1. The molecule has 0 aliphatic carbocycles. The molecule has 1 spiro atoms. The molecule has 3 heterocycles. The molecule has 3 rings (SSSR count). The number of ether oxygens (including phenoxy) is 1. The molecule has 1 aromatic heterocycles. The summed E-state index contributed by atoms with van der Waals surface area (Å²) in [5.41, 5.74) is 5.60. The van der Waals surface area contributed by atoms with Crippen LogP contribution in [-0.2, 0) is 4.74 Å². The Morgan fingerprint density at radius 1 is 1.40 bits per heavy atom. The van der Waals surface area contributed by atoms with Crippen LogP contribution in [0.25, 0.3) is 0 Å². The first-order chi connectivity index (χ1) is 11.7. The minimum atomic E-state index is -0.441. The molecule has 6 nitrogen and oxygen atoms in total. The zero-order valence-corrected chi connectivity index (χ0v) is 15.4. The second kappa shape index (κ2) is 6.57. The van der Waals surface area contributed by atoms with E-state index < -0.39 is 5.91 Å². The summed E-state index contributed by atoms with van der Waals surface area (Å²) in [5.74, 6) is 0.332. The van der Waals surface area contributed by atoms with Crippen LogP contribution in [-0.4, -0.2) is 46.9 Å². The van der Waals surface area contributed by atoms with E-state index in [4.69, 9.17) is 10.5 Å². The van der Waals surface area contributed by atoms with E-state index in [9.17, 15) is 9.90 Å². The van der Waals surface area contributed by atoms with Gasteiger partial charge in [0.25, 0.3) is 0 Å². The van der Waals surface area contributed by atoms with Crippen molar-refractivity contribution in [2.75, 3.05) is 18.0 Å². The molecule has 0 radical (unpaired) electrons. The lowest BCUT2D eigenvalue weighted by Crippen LogP contribution is -2.55. The summed E-state index contributed by atoms with van der Waals surface area (Å²) in [6.07, 6.45) is 4.48. The predicted octanol–water partition coefficient (Wildman–Crippen LogP) is 2.11. The van der Waals surface area contributed by atoms with E-state index in [0.29, 0.717) is 18.4 Å². The molecule has 2 fully saturated rings. The molecule has 3 N–H and O–H groups in total. The Morgan fingerprint density at radius 2 is 2.08 bits per heavy atom. The van der Waals surface area contributed by atoms with Crippen molar-refractivity contribution in [1.29, 1.82) is 0 Å². The molecule has 1 amide bonds. The van der Waals surface area contributed by atoms with E-state index in [1.54, 1.807) is 18.3 Å². The van der Waals surface area contributed by atoms with E-state index in [-0.39, 0.29) is 23.2 Å². The number of piperidine rings is 1. The molecule has 138 valence electrons. The summed E-state index contributed by atoms with van der Waals surface area (Å²) in [6.45, 7) is 8.07. The van der Waals surface area contributed by atoms with Gasteiger partial charge >= 0.3 is 0 Å². The maximum atomic E-state index is 11.4. The summed E-state index contributed by atoms with van der Waals surface area (Å²) < 4.78 is 6.51. The largest absolute Gasteiger partial charge is 0.393 e. The lowest BCUT2D eigenvalue weighted by Gasteiger charge is -2.50. The maximum Gasteiger partial charge on any atom is 0.248 e. The van der Waals surface area contributed by atoms with Gasteiger partial charge in [-0.2, -0.15) is 0 Å². The summed E-state index contributed by atoms with van der Waals surface area (Å²) in [6, 6.07) is 3.38. The Bertz CT molecular complexity index is 633. The molecule has 0 saturated carbocycles. The Hall–Kier alpha value is -1.66. The van der Waals surface area contributed by atoms with E-state index in [0.717, 1.165) is 31.7 Å². The van der Waals surface area contributed by atoms with Crippen LogP contribution in [0.3, 0.4) is 0 Å². The first kappa shape index (κ1) is 18.1. The highest BCUT2D eigenvalue weighted by Crippen LogP contribution is 2.42. The number of anilines is 1. The third-order valence-electron chi connectivity index (χ3n) is 5.48. The zero-order valence-electron chi connectivity index (χ0n) is 15.4. The van der Waals surface area contributed by atoms with Crippen molar-refractivity contribution in [3.05, 3.63) is 23.9 Å². The number of hydrogen-bond acceptors (Lipinski definition) is 5. The van der Waals surface area contributed by atoms with Crippen molar-refractivity contribution in [1.82, 2.24) is 4.98 Å².